The minimum atomic E-state index is 0.306. The summed E-state index contributed by atoms with van der Waals surface area (Å²) in [6.07, 6.45) is 3.64. The van der Waals surface area contributed by atoms with Crippen molar-refractivity contribution in [3.63, 3.8) is 0 Å². The Morgan fingerprint density at radius 1 is 1.31 bits per heavy atom. The van der Waals surface area contributed by atoms with Gasteiger partial charge in [-0.15, -0.1) is 0 Å². The smallest absolute Gasteiger partial charge is 0.0552 e. The average molecular weight is 233 g/mol. The van der Waals surface area contributed by atoms with Crippen molar-refractivity contribution >= 4 is 22.7 Å². The lowest BCUT2D eigenvalue weighted by molar-refractivity contribution is 0.889. The minimum Gasteiger partial charge on any atom is -0.387 e. The van der Waals surface area contributed by atoms with Crippen LogP contribution in [0.1, 0.15) is 18.5 Å². The number of rotatable bonds is 4. The average Bonchev–Trinajstić information content (AvgIpc) is 2.83. The molecule has 0 fully saturated rings. The number of nitrogens with one attached hydrogen (secondary N) is 2. The summed E-state index contributed by atoms with van der Waals surface area (Å²) in [5.74, 6) is 0. The van der Waals surface area contributed by atoms with E-state index in [4.69, 9.17) is 0 Å². The van der Waals surface area contributed by atoms with Gasteiger partial charge in [0, 0.05) is 13.1 Å². The van der Waals surface area contributed by atoms with Crippen LogP contribution in [-0.4, -0.2) is 12.0 Å². The second-order valence-corrected chi connectivity index (χ2v) is 4.42. The molecular formula is C12H15N3S. The van der Waals surface area contributed by atoms with Crippen LogP contribution in [0.4, 0.5) is 11.4 Å². The molecule has 0 aromatic carbocycles. The van der Waals surface area contributed by atoms with E-state index in [0.29, 0.717) is 6.04 Å². The Labute approximate surface area is 99.5 Å². The van der Waals surface area contributed by atoms with Gasteiger partial charge >= 0.3 is 0 Å². The number of nitrogens with zero attached hydrogens (tertiary/aromatic N) is 1. The number of pyridine rings is 1. The van der Waals surface area contributed by atoms with Crippen LogP contribution in [0.15, 0.2) is 35.3 Å². The minimum absolute atomic E-state index is 0.306. The zero-order chi connectivity index (χ0) is 11.4. The van der Waals surface area contributed by atoms with Crippen molar-refractivity contribution in [3.05, 3.63) is 40.8 Å². The monoisotopic (exact) mass is 233 g/mol. The van der Waals surface area contributed by atoms with E-state index in [-0.39, 0.29) is 0 Å². The van der Waals surface area contributed by atoms with E-state index in [2.05, 4.69) is 45.4 Å². The van der Waals surface area contributed by atoms with Crippen LogP contribution in [-0.2, 0) is 0 Å². The molecule has 2 heterocycles. The quantitative estimate of drug-likeness (QED) is 0.850. The Morgan fingerprint density at radius 3 is 2.81 bits per heavy atom. The van der Waals surface area contributed by atoms with Gasteiger partial charge in [0.2, 0.25) is 0 Å². The van der Waals surface area contributed by atoms with Crippen LogP contribution in [0.2, 0.25) is 0 Å². The summed E-state index contributed by atoms with van der Waals surface area (Å²) >= 11 is 1.72. The van der Waals surface area contributed by atoms with Gasteiger partial charge in [-0.25, -0.2) is 0 Å². The molecule has 16 heavy (non-hydrogen) atoms. The number of hydrogen-bond donors (Lipinski definition) is 2. The molecule has 0 saturated carbocycles. The van der Waals surface area contributed by atoms with Gasteiger partial charge in [0.15, 0.2) is 0 Å². The first kappa shape index (κ1) is 11.0. The second-order valence-electron chi connectivity index (χ2n) is 3.63. The molecule has 0 aliphatic heterocycles. The first-order chi connectivity index (χ1) is 7.79. The number of aromatic nitrogens is 1. The number of thiophene rings is 1. The predicted octanol–water partition coefficient (Wildman–Crippen LogP) is 3.36. The van der Waals surface area contributed by atoms with Crippen LogP contribution in [0.5, 0.6) is 0 Å². The fourth-order valence-electron chi connectivity index (χ4n) is 1.51. The predicted molar refractivity (Wildman–Crippen MR) is 70.1 cm³/mol. The van der Waals surface area contributed by atoms with E-state index in [1.807, 2.05) is 13.2 Å². The van der Waals surface area contributed by atoms with Gasteiger partial charge in [-0.05, 0) is 35.4 Å². The largest absolute Gasteiger partial charge is 0.387 e. The first-order valence-electron chi connectivity index (χ1n) is 5.21. The van der Waals surface area contributed by atoms with Crippen molar-refractivity contribution in [2.45, 2.75) is 13.0 Å². The van der Waals surface area contributed by atoms with E-state index >= 15 is 0 Å². The van der Waals surface area contributed by atoms with Gasteiger partial charge in [0.05, 0.1) is 23.8 Å². The van der Waals surface area contributed by atoms with Crippen molar-refractivity contribution < 1.29 is 0 Å². The third-order valence-electron chi connectivity index (χ3n) is 2.45. The zero-order valence-electron chi connectivity index (χ0n) is 9.40. The Hall–Kier alpha value is -1.55. The van der Waals surface area contributed by atoms with Crippen LogP contribution < -0.4 is 10.6 Å². The van der Waals surface area contributed by atoms with Crippen molar-refractivity contribution in [1.29, 1.82) is 0 Å². The van der Waals surface area contributed by atoms with Crippen LogP contribution in [0.3, 0.4) is 0 Å². The first-order valence-corrected chi connectivity index (χ1v) is 6.15. The van der Waals surface area contributed by atoms with E-state index in [1.54, 1.807) is 17.5 Å². The normalized spacial score (nSPS) is 12.1. The third-order valence-corrected chi connectivity index (χ3v) is 3.15. The summed E-state index contributed by atoms with van der Waals surface area (Å²) in [5, 5.41) is 10.8. The summed E-state index contributed by atoms with van der Waals surface area (Å²) in [6.45, 7) is 2.15. The van der Waals surface area contributed by atoms with Crippen molar-refractivity contribution in [1.82, 2.24) is 4.98 Å². The van der Waals surface area contributed by atoms with Crippen molar-refractivity contribution in [3.8, 4) is 0 Å². The van der Waals surface area contributed by atoms with Crippen LogP contribution >= 0.6 is 11.3 Å². The highest BCUT2D eigenvalue weighted by molar-refractivity contribution is 7.07. The molecule has 2 rings (SSSR count). The Morgan fingerprint density at radius 2 is 2.12 bits per heavy atom. The van der Waals surface area contributed by atoms with E-state index in [0.717, 1.165) is 11.4 Å². The van der Waals surface area contributed by atoms with E-state index < -0.39 is 0 Å². The summed E-state index contributed by atoms with van der Waals surface area (Å²) in [7, 11) is 1.89. The summed E-state index contributed by atoms with van der Waals surface area (Å²) in [4.78, 5) is 4.17. The lowest BCUT2D eigenvalue weighted by Gasteiger charge is -2.14. The SMILES string of the molecule is CNc1cncc(NC(C)c2ccsc2)c1. The van der Waals surface area contributed by atoms with Crippen molar-refractivity contribution in [2.24, 2.45) is 0 Å². The summed E-state index contributed by atoms with van der Waals surface area (Å²) < 4.78 is 0. The molecule has 2 aromatic heterocycles. The summed E-state index contributed by atoms with van der Waals surface area (Å²) in [5.41, 5.74) is 3.35. The van der Waals surface area contributed by atoms with Crippen LogP contribution in [0, 0.1) is 0 Å². The Balaban J connectivity index is 2.08. The molecular weight excluding hydrogens is 218 g/mol. The second kappa shape index (κ2) is 4.99. The van der Waals surface area contributed by atoms with Crippen molar-refractivity contribution in [2.75, 3.05) is 17.7 Å². The number of hydrogen-bond acceptors (Lipinski definition) is 4. The van der Waals surface area contributed by atoms with Gasteiger partial charge in [-0.1, -0.05) is 0 Å². The third kappa shape index (κ3) is 2.52. The molecule has 3 nitrogen and oxygen atoms in total. The molecule has 0 aliphatic rings. The highest BCUT2D eigenvalue weighted by Gasteiger charge is 2.05. The van der Waals surface area contributed by atoms with Gasteiger partial charge in [0.25, 0.3) is 0 Å². The highest BCUT2D eigenvalue weighted by Crippen LogP contribution is 2.22. The summed E-state index contributed by atoms with van der Waals surface area (Å²) in [6, 6.07) is 4.49. The highest BCUT2D eigenvalue weighted by atomic mass is 32.1. The number of anilines is 2. The Bertz CT molecular complexity index is 439. The zero-order valence-corrected chi connectivity index (χ0v) is 10.2. The van der Waals surface area contributed by atoms with E-state index in [9.17, 15) is 0 Å². The molecule has 0 radical (unpaired) electrons. The van der Waals surface area contributed by atoms with E-state index in [1.165, 1.54) is 5.56 Å². The maximum absolute atomic E-state index is 4.17. The molecule has 2 aromatic rings. The van der Waals surface area contributed by atoms with Gasteiger partial charge < -0.3 is 10.6 Å². The topological polar surface area (TPSA) is 37.0 Å². The molecule has 1 atom stereocenters. The lowest BCUT2D eigenvalue weighted by atomic mass is 10.2. The molecule has 1 unspecified atom stereocenters. The fourth-order valence-corrected chi connectivity index (χ4v) is 2.26. The molecule has 4 heteroatoms. The standard InChI is InChI=1S/C12H15N3S/c1-9(10-3-4-16-8-10)15-12-5-11(13-2)6-14-7-12/h3-9,13,15H,1-2H3. The van der Waals surface area contributed by atoms with Gasteiger partial charge in [0.1, 0.15) is 0 Å². The molecule has 0 saturated heterocycles. The molecule has 0 spiro atoms. The van der Waals surface area contributed by atoms with Crippen LogP contribution in [0.25, 0.3) is 0 Å². The molecule has 2 N–H and O–H groups in total. The fraction of sp³-hybridized carbons (Fsp3) is 0.250. The van der Waals surface area contributed by atoms with Gasteiger partial charge in [-0.3, -0.25) is 4.98 Å². The molecule has 0 amide bonds. The molecule has 0 aliphatic carbocycles. The molecule has 0 bridgehead atoms. The van der Waals surface area contributed by atoms with Gasteiger partial charge in [-0.2, -0.15) is 11.3 Å². The maximum atomic E-state index is 4.17. The lowest BCUT2D eigenvalue weighted by Crippen LogP contribution is -2.06. The maximum Gasteiger partial charge on any atom is 0.0552 e. The molecule has 84 valence electrons. The Kier molecular flexibility index (Phi) is 3.41.